The van der Waals surface area contributed by atoms with Crippen molar-refractivity contribution < 1.29 is 14.3 Å². The van der Waals surface area contributed by atoms with Crippen LogP contribution in [0.15, 0.2) is 64.6 Å². The first kappa shape index (κ1) is 13.6. The van der Waals surface area contributed by atoms with Crippen LogP contribution in [0.5, 0.6) is 0 Å². The maximum atomic E-state index is 11.2. The molecule has 1 aliphatic heterocycles. The van der Waals surface area contributed by atoms with Crippen molar-refractivity contribution in [2.75, 3.05) is 0 Å². The molecule has 3 heteroatoms. The van der Waals surface area contributed by atoms with Gasteiger partial charge < -0.3 is 9.52 Å². The van der Waals surface area contributed by atoms with Crippen LogP contribution in [0.2, 0.25) is 0 Å². The van der Waals surface area contributed by atoms with E-state index in [1.807, 2.05) is 48.5 Å². The van der Waals surface area contributed by atoms with Crippen molar-refractivity contribution in [3.05, 3.63) is 65.7 Å². The summed E-state index contributed by atoms with van der Waals surface area (Å²) in [6.07, 6.45) is 1.69. The molecule has 0 unspecified atom stereocenters. The molecule has 4 rings (SSSR count). The summed E-state index contributed by atoms with van der Waals surface area (Å²) in [6, 6.07) is 17.9. The first-order valence-electron chi connectivity index (χ1n) is 7.40. The van der Waals surface area contributed by atoms with E-state index < -0.39 is 5.97 Å². The molecule has 0 amide bonds. The fraction of sp³-hybridized carbons (Fsp3) is 0.0500. The monoisotopic (exact) mass is 302 g/mol. The molecule has 3 nitrogen and oxygen atoms in total. The van der Waals surface area contributed by atoms with Crippen LogP contribution < -0.4 is 0 Å². The van der Waals surface area contributed by atoms with Crippen molar-refractivity contribution in [2.24, 2.45) is 0 Å². The van der Waals surface area contributed by atoms with Gasteiger partial charge in [-0.1, -0.05) is 42.5 Å². The highest BCUT2D eigenvalue weighted by atomic mass is 16.4. The summed E-state index contributed by atoms with van der Waals surface area (Å²) in [7, 11) is 0. The maximum Gasteiger partial charge on any atom is 0.331 e. The second-order valence-corrected chi connectivity index (χ2v) is 5.62. The lowest BCUT2D eigenvalue weighted by Crippen LogP contribution is -1.95. The van der Waals surface area contributed by atoms with E-state index in [0.29, 0.717) is 0 Å². The molecule has 0 radical (unpaired) electrons. The number of carboxylic acids is 1. The molecule has 2 aliphatic rings. The standard InChI is InChI=1S/C20H14O3/c1-12(20(21)22)10-16-14-7-3-4-8-15(14)17-11-13-6-2-5-9-18(13)23-19(16)17/h2-11H,1H3,(H,21,22)/b12-10+. The molecule has 0 fully saturated rings. The molecule has 112 valence electrons. The third kappa shape index (κ3) is 2.09. The van der Waals surface area contributed by atoms with Crippen molar-refractivity contribution in [1.82, 2.24) is 0 Å². The third-order valence-electron chi connectivity index (χ3n) is 4.13. The Hall–Kier alpha value is -3.07. The Morgan fingerprint density at radius 3 is 2.52 bits per heavy atom. The molecule has 1 N–H and O–H groups in total. The Kier molecular flexibility index (Phi) is 2.95. The summed E-state index contributed by atoms with van der Waals surface area (Å²) in [6.45, 7) is 1.59. The predicted octanol–water partition coefficient (Wildman–Crippen LogP) is 5.18. The molecule has 1 heterocycles. The molecule has 0 spiro atoms. The molecule has 0 saturated heterocycles. The topological polar surface area (TPSA) is 50.4 Å². The number of rotatable bonds is 2. The zero-order chi connectivity index (χ0) is 16.0. The van der Waals surface area contributed by atoms with Crippen LogP contribution in [0, 0.1) is 0 Å². The Morgan fingerprint density at radius 1 is 1.04 bits per heavy atom. The second kappa shape index (κ2) is 4.99. The average Bonchev–Trinajstić information content (AvgIpc) is 2.86. The van der Waals surface area contributed by atoms with E-state index in [-0.39, 0.29) is 5.57 Å². The zero-order valence-corrected chi connectivity index (χ0v) is 12.5. The van der Waals surface area contributed by atoms with E-state index in [0.717, 1.165) is 38.6 Å². The predicted molar refractivity (Wildman–Crippen MR) is 91.6 cm³/mol. The van der Waals surface area contributed by atoms with Crippen LogP contribution in [-0.2, 0) is 4.79 Å². The van der Waals surface area contributed by atoms with Gasteiger partial charge in [-0.2, -0.15) is 0 Å². The van der Waals surface area contributed by atoms with Gasteiger partial charge in [-0.15, -0.1) is 0 Å². The van der Waals surface area contributed by atoms with E-state index in [4.69, 9.17) is 4.42 Å². The number of aliphatic carboxylic acids is 1. The molecule has 0 atom stereocenters. The van der Waals surface area contributed by atoms with Gasteiger partial charge in [0, 0.05) is 22.1 Å². The number of fused-ring (bicyclic) bond motifs is 4. The number of para-hydroxylation sites is 1. The van der Waals surface area contributed by atoms with E-state index >= 15 is 0 Å². The third-order valence-corrected chi connectivity index (χ3v) is 4.13. The molecule has 1 aliphatic carbocycles. The number of hydrogen-bond donors (Lipinski definition) is 1. The van der Waals surface area contributed by atoms with Gasteiger partial charge in [0.25, 0.3) is 0 Å². The molecule has 0 saturated carbocycles. The number of carboxylic acid groups (broad SMARTS) is 1. The normalized spacial score (nSPS) is 12.3. The Balaban J connectivity index is 2.16. The molecule has 2 aromatic carbocycles. The Labute approximate surface area is 132 Å². The quantitative estimate of drug-likeness (QED) is 0.519. The minimum absolute atomic E-state index is 0.283. The lowest BCUT2D eigenvalue weighted by atomic mass is 10.1. The lowest BCUT2D eigenvalue weighted by molar-refractivity contribution is -0.132. The van der Waals surface area contributed by atoms with Gasteiger partial charge in [0.05, 0.1) is 0 Å². The first-order chi connectivity index (χ1) is 11.1. The van der Waals surface area contributed by atoms with Crippen LogP contribution in [-0.4, -0.2) is 11.1 Å². The summed E-state index contributed by atoms with van der Waals surface area (Å²) in [5, 5.41) is 12.3. The van der Waals surface area contributed by atoms with E-state index in [1.54, 1.807) is 13.0 Å². The summed E-state index contributed by atoms with van der Waals surface area (Å²) < 4.78 is 6.11. The fourth-order valence-electron chi connectivity index (χ4n) is 2.98. The van der Waals surface area contributed by atoms with Gasteiger partial charge in [0.15, 0.2) is 0 Å². The number of carbonyl (C=O) groups is 1. The highest BCUT2D eigenvalue weighted by Gasteiger charge is 2.20. The van der Waals surface area contributed by atoms with Gasteiger partial charge in [-0.3, -0.25) is 0 Å². The van der Waals surface area contributed by atoms with Gasteiger partial charge in [0.2, 0.25) is 0 Å². The fourth-order valence-corrected chi connectivity index (χ4v) is 2.98. The van der Waals surface area contributed by atoms with Gasteiger partial charge >= 0.3 is 5.97 Å². The molecule has 0 bridgehead atoms. The van der Waals surface area contributed by atoms with Crippen molar-refractivity contribution in [3.63, 3.8) is 0 Å². The van der Waals surface area contributed by atoms with Crippen LogP contribution in [0.3, 0.4) is 0 Å². The highest BCUT2D eigenvalue weighted by molar-refractivity contribution is 6.11. The molecule has 0 aromatic heterocycles. The highest BCUT2D eigenvalue weighted by Crippen LogP contribution is 2.42. The van der Waals surface area contributed by atoms with Crippen LogP contribution in [0.25, 0.3) is 39.1 Å². The zero-order valence-electron chi connectivity index (χ0n) is 12.5. The SMILES string of the molecule is C/C(=C\c1c2oc3ccccc3cc-2c2ccccc12)C(=O)O. The molecular formula is C20H14O3. The number of hydrogen-bond acceptors (Lipinski definition) is 2. The van der Waals surface area contributed by atoms with Crippen molar-refractivity contribution in [2.45, 2.75) is 6.92 Å². The molecule has 23 heavy (non-hydrogen) atoms. The van der Waals surface area contributed by atoms with Crippen LogP contribution in [0.4, 0.5) is 0 Å². The summed E-state index contributed by atoms with van der Waals surface area (Å²) >= 11 is 0. The molecule has 2 aromatic rings. The van der Waals surface area contributed by atoms with E-state index in [1.165, 1.54) is 0 Å². The Morgan fingerprint density at radius 2 is 1.74 bits per heavy atom. The first-order valence-corrected chi connectivity index (χ1v) is 7.40. The lowest BCUT2D eigenvalue weighted by Gasteiger charge is -2.05. The largest absolute Gasteiger partial charge is 0.478 e. The van der Waals surface area contributed by atoms with E-state index in [9.17, 15) is 9.90 Å². The van der Waals surface area contributed by atoms with Gasteiger partial charge in [0.1, 0.15) is 11.3 Å². The van der Waals surface area contributed by atoms with Crippen molar-refractivity contribution in [1.29, 1.82) is 0 Å². The minimum atomic E-state index is -0.927. The smallest absolute Gasteiger partial charge is 0.331 e. The van der Waals surface area contributed by atoms with Gasteiger partial charge in [-0.05, 0) is 35.9 Å². The maximum absolute atomic E-state index is 11.2. The van der Waals surface area contributed by atoms with Crippen molar-refractivity contribution in [3.8, 4) is 11.3 Å². The minimum Gasteiger partial charge on any atom is -0.478 e. The Bertz CT molecular complexity index is 1050. The van der Waals surface area contributed by atoms with E-state index in [2.05, 4.69) is 6.07 Å². The number of benzene rings is 2. The average molecular weight is 302 g/mol. The van der Waals surface area contributed by atoms with Gasteiger partial charge in [-0.25, -0.2) is 4.79 Å². The summed E-state index contributed by atoms with van der Waals surface area (Å²) in [5.74, 6) is -0.199. The second-order valence-electron chi connectivity index (χ2n) is 5.62. The van der Waals surface area contributed by atoms with Crippen molar-refractivity contribution >= 4 is 33.8 Å². The molecular weight excluding hydrogens is 288 g/mol. The summed E-state index contributed by atoms with van der Waals surface area (Å²) in [5.41, 5.74) is 2.90. The van der Waals surface area contributed by atoms with Crippen LogP contribution in [0.1, 0.15) is 12.5 Å². The summed E-state index contributed by atoms with van der Waals surface area (Å²) in [4.78, 5) is 11.2. The van der Waals surface area contributed by atoms with Crippen LogP contribution >= 0.6 is 0 Å².